The van der Waals surface area contributed by atoms with E-state index < -0.39 is 0 Å². The predicted molar refractivity (Wildman–Crippen MR) is 57.8 cm³/mol. The number of hydrogen-bond acceptors (Lipinski definition) is 3. The normalized spacial score (nSPS) is 10.7. The molecule has 1 aromatic carbocycles. The summed E-state index contributed by atoms with van der Waals surface area (Å²) in [5.74, 6) is 0.0942. The van der Waals surface area contributed by atoms with Crippen molar-refractivity contribution in [3.63, 3.8) is 0 Å². The number of carbonyl (C=O) groups excluding carboxylic acids is 1. The Balaban J connectivity index is 2.60. The maximum absolute atomic E-state index is 11.1. The molecule has 0 saturated carbocycles. The van der Waals surface area contributed by atoms with Crippen LogP contribution in [0.1, 0.15) is 22.2 Å². The van der Waals surface area contributed by atoms with E-state index in [2.05, 4.69) is 0 Å². The van der Waals surface area contributed by atoms with Crippen molar-refractivity contribution in [2.24, 2.45) is 0 Å². The molecule has 0 bridgehead atoms. The van der Waals surface area contributed by atoms with Gasteiger partial charge in [0.2, 0.25) is 0 Å². The lowest BCUT2D eigenvalue weighted by molar-refractivity contribution is 0.102. The molecule has 0 aliphatic carbocycles. The van der Waals surface area contributed by atoms with Gasteiger partial charge in [0.05, 0.1) is 11.5 Å². The van der Waals surface area contributed by atoms with Crippen LogP contribution in [0.25, 0.3) is 10.1 Å². The summed E-state index contributed by atoms with van der Waals surface area (Å²) in [5.41, 5.74) is 0.884. The molecule has 0 unspecified atom stereocenters. The zero-order chi connectivity index (χ0) is 10.1. The number of Topliss-reactive ketones (excluding diaryl/α,β-unsaturated/α-hetero) is 1. The fourth-order valence-electron chi connectivity index (χ4n) is 1.35. The molecule has 0 radical (unpaired) electrons. The highest BCUT2D eigenvalue weighted by Gasteiger charge is 2.05. The Bertz CT molecular complexity index is 485. The van der Waals surface area contributed by atoms with E-state index in [1.54, 1.807) is 6.92 Å². The van der Waals surface area contributed by atoms with Gasteiger partial charge < -0.3 is 5.11 Å². The third-order valence-electron chi connectivity index (χ3n) is 2.11. The molecule has 0 amide bonds. The molecule has 2 aromatic rings. The number of ketones is 1. The second-order valence-corrected chi connectivity index (χ2v) is 4.28. The number of rotatable bonds is 2. The van der Waals surface area contributed by atoms with Crippen molar-refractivity contribution < 1.29 is 9.90 Å². The minimum Gasteiger partial charge on any atom is -0.392 e. The molecule has 2 nitrogen and oxygen atoms in total. The predicted octanol–water partition coefficient (Wildman–Crippen LogP) is 2.60. The van der Waals surface area contributed by atoms with Crippen LogP contribution < -0.4 is 0 Å². The highest BCUT2D eigenvalue weighted by atomic mass is 32.1. The average Bonchev–Trinajstić information content (AvgIpc) is 2.59. The van der Waals surface area contributed by atoms with Gasteiger partial charge in [0.15, 0.2) is 5.78 Å². The van der Waals surface area contributed by atoms with Crippen molar-refractivity contribution in [1.29, 1.82) is 0 Å². The molecular formula is C11H10O2S. The summed E-state index contributed by atoms with van der Waals surface area (Å²) in [6, 6.07) is 7.62. The molecule has 0 spiro atoms. The van der Waals surface area contributed by atoms with E-state index >= 15 is 0 Å². The van der Waals surface area contributed by atoms with Gasteiger partial charge in [0.25, 0.3) is 0 Å². The van der Waals surface area contributed by atoms with Crippen molar-refractivity contribution in [1.82, 2.24) is 0 Å². The number of thiophene rings is 1. The summed E-state index contributed by atoms with van der Waals surface area (Å²) in [6.45, 7) is 1.61. The van der Waals surface area contributed by atoms with Crippen LogP contribution in [0.3, 0.4) is 0 Å². The maximum Gasteiger partial charge on any atom is 0.169 e. The lowest BCUT2D eigenvalue weighted by atomic mass is 10.2. The minimum absolute atomic E-state index is 0.0449. The quantitative estimate of drug-likeness (QED) is 0.767. The summed E-state index contributed by atoms with van der Waals surface area (Å²) in [4.78, 5) is 11.9. The van der Waals surface area contributed by atoms with Crippen molar-refractivity contribution >= 4 is 27.2 Å². The van der Waals surface area contributed by atoms with Gasteiger partial charge >= 0.3 is 0 Å². The van der Waals surface area contributed by atoms with Gasteiger partial charge in [-0.2, -0.15) is 0 Å². The van der Waals surface area contributed by atoms with Crippen LogP contribution in [0.15, 0.2) is 24.3 Å². The van der Waals surface area contributed by atoms with Gasteiger partial charge in [0.1, 0.15) is 0 Å². The molecule has 1 aromatic heterocycles. The summed E-state index contributed by atoms with van der Waals surface area (Å²) < 4.78 is 1.06. The first-order valence-electron chi connectivity index (χ1n) is 4.35. The van der Waals surface area contributed by atoms with Gasteiger partial charge in [-0.05, 0) is 30.0 Å². The highest BCUT2D eigenvalue weighted by molar-refractivity contribution is 7.20. The summed E-state index contributed by atoms with van der Waals surface area (Å²) in [6.07, 6.45) is 0. The lowest BCUT2D eigenvalue weighted by Gasteiger charge is -1.93. The monoisotopic (exact) mass is 206 g/mol. The lowest BCUT2D eigenvalue weighted by Crippen LogP contribution is -1.83. The topological polar surface area (TPSA) is 37.3 Å². The Morgan fingerprint density at radius 1 is 1.43 bits per heavy atom. The number of benzene rings is 1. The zero-order valence-corrected chi connectivity index (χ0v) is 8.60. The third-order valence-corrected chi connectivity index (χ3v) is 3.31. The number of carbonyl (C=O) groups is 1. The first-order valence-corrected chi connectivity index (χ1v) is 5.16. The van der Waals surface area contributed by atoms with E-state index in [0.717, 1.165) is 20.5 Å². The third kappa shape index (κ3) is 1.56. The Labute approximate surface area is 85.8 Å². The van der Waals surface area contributed by atoms with Gasteiger partial charge in [-0.1, -0.05) is 12.1 Å². The molecule has 1 heterocycles. The molecular weight excluding hydrogens is 196 g/mol. The minimum atomic E-state index is 0.0449. The van der Waals surface area contributed by atoms with E-state index in [1.165, 1.54) is 11.3 Å². The average molecular weight is 206 g/mol. The fourth-order valence-corrected chi connectivity index (χ4v) is 2.37. The molecule has 1 N–H and O–H groups in total. The first kappa shape index (κ1) is 9.37. The standard InChI is InChI=1S/C11H10O2S/c1-7(13)10-5-9-3-2-8(6-12)4-11(9)14-10/h2-5,12H,6H2,1H3. The van der Waals surface area contributed by atoms with Crippen LogP contribution in [0, 0.1) is 0 Å². The van der Waals surface area contributed by atoms with E-state index in [1.807, 2.05) is 24.3 Å². The second-order valence-electron chi connectivity index (χ2n) is 3.20. The summed E-state index contributed by atoms with van der Waals surface area (Å²) in [5, 5.41) is 10.0. The second kappa shape index (κ2) is 3.52. The van der Waals surface area contributed by atoms with Crippen LogP contribution >= 0.6 is 11.3 Å². The number of hydrogen-bond donors (Lipinski definition) is 1. The van der Waals surface area contributed by atoms with E-state index in [4.69, 9.17) is 5.11 Å². The SMILES string of the molecule is CC(=O)c1cc2ccc(CO)cc2s1. The van der Waals surface area contributed by atoms with Gasteiger partial charge in [-0.25, -0.2) is 0 Å². The summed E-state index contributed by atoms with van der Waals surface area (Å²) in [7, 11) is 0. The van der Waals surface area contributed by atoms with Crippen molar-refractivity contribution in [3.8, 4) is 0 Å². The van der Waals surface area contributed by atoms with Gasteiger partial charge in [0, 0.05) is 4.70 Å². The van der Waals surface area contributed by atoms with E-state index in [9.17, 15) is 4.79 Å². The van der Waals surface area contributed by atoms with Gasteiger partial charge in [-0.3, -0.25) is 4.79 Å². The highest BCUT2D eigenvalue weighted by Crippen LogP contribution is 2.26. The molecule has 0 saturated heterocycles. The zero-order valence-electron chi connectivity index (χ0n) is 7.78. The molecule has 72 valence electrons. The molecule has 14 heavy (non-hydrogen) atoms. The van der Waals surface area contributed by atoms with E-state index in [0.29, 0.717) is 0 Å². The number of fused-ring (bicyclic) bond motifs is 1. The Morgan fingerprint density at radius 2 is 2.21 bits per heavy atom. The Kier molecular flexibility index (Phi) is 2.35. The maximum atomic E-state index is 11.1. The van der Waals surface area contributed by atoms with Crippen LogP contribution in [0.5, 0.6) is 0 Å². The smallest absolute Gasteiger partial charge is 0.169 e. The van der Waals surface area contributed by atoms with Crippen molar-refractivity contribution in [3.05, 3.63) is 34.7 Å². The Morgan fingerprint density at radius 3 is 2.86 bits per heavy atom. The van der Waals surface area contributed by atoms with Crippen molar-refractivity contribution in [2.75, 3.05) is 0 Å². The summed E-state index contributed by atoms with van der Waals surface area (Å²) >= 11 is 1.47. The van der Waals surface area contributed by atoms with Crippen LogP contribution in [-0.4, -0.2) is 10.9 Å². The van der Waals surface area contributed by atoms with Crippen LogP contribution in [0.2, 0.25) is 0 Å². The fraction of sp³-hybridized carbons (Fsp3) is 0.182. The van der Waals surface area contributed by atoms with Crippen LogP contribution in [0.4, 0.5) is 0 Å². The molecule has 0 atom stereocenters. The number of aliphatic hydroxyl groups is 1. The molecule has 0 aliphatic heterocycles. The number of aliphatic hydroxyl groups excluding tert-OH is 1. The molecule has 0 aliphatic rings. The molecule has 2 rings (SSSR count). The first-order chi connectivity index (χ1) is 6.70. The van der Waals surface area contributed by atoms with Crippen LogP contribution in [-0.2, 0) is 6.61 Å². The van der Waals surface area contributed by atoms with Crippen molar-refractivity contribution in [2.45, 2.75) is 13.5 Å². The Hall–Kier alpha value is -1.19. The van der Waals surface area contributed by atoms with E-state index in [-0.39, 0.29) is 12.4 Å². The largest absolute Gasteiger partial charge is 0.392 e. The molecule has 3 heteroatoms. The molecule has 0 fully saturated rings. The van der Waals surface area contributed by atoms with Gasteiger partial charge in [-0.15, -0.1) is 11.3 Å².